The Morgan fingerprint density at radius 2 is 1.87 bits per heavy atom. The van der Waals surface area contributed by atoms with E-state index in [1.54, 1.807) is 45.9 Å². The van der Waals surface area contributed by atoms with Crippen molar-refractivity contribution in [3.05, 3.63) is 41.5 Å². The maximum absolute atomic E-state index is 13.0. The number of rotatable bonds is 7. The van der Waals surface area contributed by atoms with Gasteiger partial charge in [0.05, 0.1) is 0 Å². The zero-order valence-electron chi connectivity index (χ0n) is 19.4. The molecular formula is C24H34N2O5. The first-order valence-corrected chi connectivity index (χ1v) is 10.6. The number of nitrogens with zero attached hydrogens (tertiary/aromatic N) is 1. The third kappa shape index (κ3) is 6.32. The first kappa shape index (κ1) is 24.4. The van der Waals surface area contributed by atoms with Crippen LogP contribution in [0.2, 0.25) is 0 Å². The van der Waals surface area contributed by atoms with Gasteiger partial charge in [0.25, 0.3) is 5.91 Å². The second-order valence-electron chi connectivity index (χ2n) is 8.96. The van der Waals surface area contributed by atoms with E-state index in [0.717, 1.165) is 23.3 Å². The summed E-state index contributed by atoms with van der Waals surface area (Å²) in [5.41, 5.74) is 1.49. The zero-order chi connectivity index (χ0) is 23.3. The molecule has 0 bridgehead atoms. The molecule has 1 aromatic rings. The summed E-state index contributed by atoms with van der Waals surface area (Å²) in [6.45, 7) is 15.3. The van der Waals surface area contributed by atoms with Gasteiger partial charge in [-0.15, -0.1) is 0 Å². The lowest BCUT2D eigenvalue weighted by atomic mass is 10.0. The topological polar surface area (TPSA) is 84.9 Å². The van der Waals surface area contributed by atoms with Crippen LogP contribution in [-0.4, -0.2) is 53.5 Å². The summed E-state index contributed by atoms with van der Waals surface area (Å²) >= 11 is 0. The minimum atomic E-state index is -0.771. The Kier molecular flexibility index (Phi) is 7.87. The fraction of sp³-hybridized carbons (Fsp3) is 0.542. The minimum Gasteiger partial charge on any atom is -0.489 e. The largest absolute Gasteiger partial charge is 0.489 e. The number of aryl methyl sites for hydroxylation is 2. The number of hydrogen-bond acceptors (Lipinski definition) is 5. The molecule has 7 nitrogen and oxygen atoms in total. The quantitative estimate of drug-likeness (QED) is 0.530. The van der Waals surface area contributed by atoms with E-state index in [-0.39, 0.29) is 11.8 Å². The fourth-order valence-corrected chi connectivity index (χ4v) is 3.69. The van der Waals surface area contributed by atoms with Crippen LogP contribution in [0, 0.1) is 13.8 Å². The summed E-state index contributed by atoms with van der Waals surface area (Å²) < 4.78 is 11.1. The van der Waals surface area contributed by atoms with Gasteiger partial charge in [0.15, 0.2) is 0 Å². The van der Waals surface area contributed by atoms with Crippen LogP contribution >= 0.6 is 0 Å². The van der Waals surface area contributed by atoms with Crippen molar-refractivity contribution in [2.75, 3.05) is 13.2 Å². The van der Waals surface area contributed by atoms with E-state index in [9.17, 15) is 14.4 Å². The molecule has 2 amide bonds. The van der Waals surface area contributed by atoms with E-state index in [2.05, 4.69) is 11.9 Å². The van der Waals surface area contributed by atoms with Crippen molar-refractivity contribution in [1.29, 1.82) is 0 Å². The molecule has 31 heavy (non-hydrogen) atoms. The van der Waals surface area contributed by atoms with Crippen molar-refractivity contribution in [1.82, 2.24) is 10.2 Å². The number of benzene rings is 1. The van der Waals surface area contributed by atoms with Crippen molar-refractivity contribution in [2.45, 2.75) is 72.1 Å². The van der Waals surface area contributed by atoms with Gasteiger partial charge in [0.1, 0.15) is 30.0 Å². The molecule has 1 aliphatic rings. The summed E-state index contributed by atoms with van der Waals surface area (Å²) in [7, 11) is 0. The van der Waals surface area contributed by atoms with Crippen LogP contribution < -0.4 is 10.1 Å². The van der Waals surface area contributed by atoms with Gasteiger partial charge in [-0.05, 0) is 77.6 Å². The van der Waals surface area contributed by atoms with Crippen LogP contribution in [0.25, 0.3) is 0 Å². The number of esters is 1. The van der Waals surface area contributed by atoms with Crippen LogP contribution in [0.1, 0.15) is 62.0 Å². The standard InChI is InChI=1S/C24H34N2O5/c1-8-12-30-20-15(2)13-18(14-16(20)3)21(27)25-17(4)22(28)26-11-9-10-19(26)23(29)31-24(5,6)7/h8,13-14,17,19H,1,9-12H2,2-7H3,(H,25,27). The SMILES string of the molecule is C=CCOc1c(C)cc(C(=O)NC(C)C(=O)N2CCCC2C(=O)OC(C)(C)C)cc1C. The molecule has 170 valence electrons. The number of nitrogens with one attached hydrogen (secondary N) is 1. The Morgan fingerprint density at radius 3 is 2.42 bits per heavy atom. The molecule has 0 saturated carbocycles. The van der Waals surface area contributed by atoms with Crippen LogP contribution in [0.4, 0.5) is 0 Å². The smallest absolute Gasteiger partial charge is 0.329 e. The van der Waals surface area contributed by atoms with Crippen LogP contribution in [0.5, 0.6) is 5.75 Å². The number of carbonyl (C=O) groups excluding carboxylic acids is 3. The second-order valence-corrected chi connectivity index (χ2v) is 8.96. The first-order valence-electron chi connectivity index (χ1n) is 10.6. The number of likely N-dealkylation sites (tertiary alicyclic amines) is 1. The van der Waals surface area contributed by atoms with E-state index in [1.165, 1.54) is 4.90 Å². The van der Waals surface area contributed by atoms with E-state index in [0.29, 0.717) is 25.1 Å². The van der Waals surface area contributed by atoms with Crippen molar-refractivity contribution in [3.63, 3.8) is 0 Å². The summed E-state index contributed by atoms with van der Waals surface area (Å²) in [5.74, 6) is -0.326. The van der Waals surface area contributed by atoms with Gasteiger partial charge < -0.3 is 19.7 Å². The lowest BCUT2D eigenvalue weighted by Crippen LogP contribution is -2.51. The Morgan fingerprint density at radius 1 is 1.26 bits per heavy atom. The minimum absolute atomic E-state index is 0.291. The van der Waals surface area contributed by atoms with Crippen molar-refractivity contribution < 1.29 is 23.9 Å². The van der Waals surface area contributed by atoms with Crippen LogP contribution in [0.3, 0.4) is 0 Å². The molecule has 1 saturated heterocycles. The lowest BCUT2D eigenvalue weighted by molar-refractivity contribution is -0.163. The van der Waals surface area contributed by atoms with Gasteiger partial charge in [0, 0.05) is 12.1 Å². The molecule has 2 rings (SSSR count). The molecule has 0 aliphatic carbocycles. The molecule has 2 atom stereocenters. The predicted octanol–water partition coefficient (Wildman–Crippen LogP) is 3.32. The number of amides is 2. The van der Waals surface area contributed by atoms with Gasteiger partial charge in [-0.25, -0.2) is 4.79 Å². The van der Waals surface area contributed by atoms with Gasteiger partial charge in [-0.1, -0.05) is 12.7 Å². The van der Waals surface area contributed by atoms with E-state index >= 15 is 0 Å². The molecule has 0 aromatic heterocycles. The van der Waals surface area contributed by atoms with E-state index < -0.39 is 23.7 Å². The second kappa shape index (κ2) is 9.98. The highest BCUT2D eigenvalue weighted by atomic mass is 16.6. The highest BCUT2D eigenvalue weighted by Crippen LogP contribution is 2.25. The van der Waals surface area contributed by atoms with E-state index in [1.807, 2.05) is 13.8 Å². The van der Waals surface area contributed by atoms with Crippen molar-refractivity contribution >= 4 is 17.8 Å². The monoisotopic (exact) mass is 430 g/mol. The summed E-state index contributed by atoms with van der Waals surface area (Å²) in [4.78, 5) is 39.8. The maximum Gasteiger partial charge on any atom is 0.329 e. The third-order valence-electron chi connectivity index (χ3n) is 5.00. The Bertz CT molecular complexity index is 833. The number of hydrogen-bond donors (Lipinski definition) is 1. The molecular weight excluding hydrogens is 396 g/mol. The Hall–Kier alpha value is -2.83. The molecule has 1 aliphatic heterocycles. The fourth-order valence-electron chi connectivity index (χ4n) is 3.69. The predicted molar refractivity (Wildman–Crippen MR) is 119 cm³/mol. The Balaban J connectivity index is 2.07. The molecule has 2 unspecified atom stereocenters. The summed E-state index contributed by atoms with van der Waals surface area (Å²) in [6.07, 6.45) is 2.95. The van der Waals surface area contributed by atoms with Crippen LogP contribution in [0.15, 0.2) is 24.8 Å². The normalized spacial score (nSPS) is 17.1. The molecule has 0 spiro atoms. The average Bonchev–Trinajstić information content (AvgIpc) is 3.15. The number of carbonyl (C=O) groups is 3. The van der Waals surface area contributed by atoms with Crippen molar-refractivity contribution in [2.24, 2.45) is 0 Å². The zero-order valence-corrected chi connectivity index (χ0v) is 19.4. The van der Waals surface area contributed by atoms with Gasteiger partial charge in [-0.3, -0.25) is 9.59 Å². The molecule has 1 aromatic carbocycles. The highest BCUT2D eigenvalue weighted by molar-refractivity contribution is 5.98. The van der Waals surface area contributed by atoms with Gasteiger partial charge in [0.2, 0.25) is 5.91 Å². The molecule has 1 fully saturated rings. The van der Waals surface area contributed by atoms with Crippen LogP contribution in [-0.2, 0) is 14.3 Å². The van der Waals surface area contributed by atoms with E-state index in [4.69, 9.17) is 9.47 Å². The number of ether oxygens (including phenoxy) is 2. The maximum atomic E-state index is 13.0. The Labute approximate surface area is 184 Å². The molecule has 7 heteroatoms. The van der Waals surface area contributed by atoms with Crippen molar-refractivity contribution in [3.8, 4) is 5.75 Å². The molecule has 1 heterocycles. The molecule has 0 radical (unpaired) electrons. The molecule has 1 N–H and O–H groups in total. The van der Waals surface area contributed by atoms with Gasteiger partial charge >= 0.3 is 5.97 Å². The first-order chi connectivity index (χ1) is 14.4. The summed E-state index contributed by atoms with van der Waals surface area (Å²) in [5, 5.41) is 2.76. The lowest BCUT2D eigenvalue weighted by Gasteiger charge is -2.29. The average molecular weight is 431 g/mol. The van der Waals surface area contributed by atoms with Gasteiger partial charge in [-0.2, -0.15) is 0 Å². The third-order valence-corrected chi connectivity index (χ3v) is 5.00. The summed E-state index contributed by atoms with van der Waals surface area (Å²) in [6, 6.07) is 2.08. The highest BCUT2D eigenvalue weighted by Gasteiger charge is 2.38.